The normalized spacial score (nSPS) is 20.0. The molecule has 6 heteroatoms. The number of carbonyl (C=O) groups is 2. The van der Waals surface area contributed by atoms with Crippen LogP contribution in [0.5, 0.6) is 5.75 Å². The lowest BCUT2D eigenvalue weighted by atomic mass is 9.83. The third kappa shape index (κ3) is 4.76. The zero-order chi connectivity index (χ0) is 27.5. The van der Waals surface area contributed by atoms with Gasteiger partial charge in [0.25, 0.3) is 11.8 Å². The second kappa shape index (κ2) is 11.2. The Hall–Kier alpha value is -4.06. The topological polar surface area (TPSA) is 63.6 Å². The third-order valence-corrected chi connectivity index (χ3v) is 8.69. The van der Waals surface area contributed by atoms with Crippen LogP contribution in [0.15, 0.2) is 84.9 Å². The SMILES string of the molecule is COc1ccc(CN2C(=O)c3cc4ccccc4n3C[C@@]2(C(=O)NC2CCCCCCC2)c2ccccc2)cc1. The molecule has 0 bridgehead atoms. The number of fused-ring (bicyclic) bond motifs is 3. The molecular weight excluding hydrogens is 498 g/mol. The fourth-order valence-corrected chi connectivity index (χ4v) is 6.50. The van der Waals surface area contributed by atoms with Crippen molar-refractivity contribution < 1.29 is 14.3 Å². The minimum atomic E-state index is -1.21. The van der Waals surface area contributed by atoms with E-state index < -0.39 is 5.54 Å². The Morgan fingerprint density at radius 2 is 1.57 bits per heavy atom. The Morgan fingerprint density at radius 1 is 0.900 bits per heavy atom. The molecule has 1 atom stereocenters. The minimum Gasteiger partial charge on any atom is -0.497 e. The van der Waals surface area contributed by atoms with E-state index >= 15 is 0 Å². The Bertz CT molecular complexity index is 1490. The van der Waals surface area contributed by atoms with E-state index in [9.17, 15) is 9.59 Å². The number of nitrogens with zero attached hydrogens (tertiary/aromatic N) is 2. The van der Waals surface area contributed by atoms with Gasteiger partial charge in [0.15, 0.2) is 5.54 Å². The summed E-state index contributed by atoms with van der Waals surface area (Å²) in [4.78, 5) is 31.1. The second-order valence-corrected chi connectivity index (χ2v) is 11.2. The van der Waals surface area contributed by atoms with Crippen LogP contribution in [0.1, 0.15) is 66.6 Å². The van der Waals surface area contributed by atoms with Crippen LogP contribution in [-0.4, -0.2) is 34.4 Å². The Balaban J connectivity index is 1.49. The van der Waals surface area contributed by atoms with Crippen LogP contribution in [0.3, 0.4) is 0 Å². The fraction of sp³-hybridized carbons (Fsp3) is 0.353. The third-order valence-electron chi connectivity index (χ3n) is 8.69. The molecule has 0 saturated heterocycles. The van der Waals surface area contributed by atoms with E-state index in [1.807, 2.05) is 89.5 Å². The van der Waals surface area contributed by atoms with Gasteiger partial charge in [-0.15, -0.1) is 0 Å². The average Bonchev–Trinajstić information content (AvgIpc) is 3.35. The number of ether oxygens (including phenoxy) is 1. The summed E-state index contributed by atoms with van der Waals surface area (Å²) in [6.07, 6.45) is 7.85. The number of nitrogens with one attached hydrogen (secondary N) is 1. The van der Waals surface area contributed by atoms with Gasteiger partial charge in [0, 0.05) is 23.5 Å². The second-order valence-electron chi connectivity index (χ2n) is 11.2. The molecule has 6 rings (SSSR count). The molecule has 2 aliphatic rings. The Labute approximate surface area is 235 Å². The van der Waals surface area contributed by atoms with E-state index in [-0.39, 0.29) is 17.9 Å². The summed E-state index contributed by atoms with van der Waals surface area (Å²) in [5.74, 6) is 0.509. The predicted octanol–water partition coefficient (Wildman–Crippen LogP) is 6.43. The molecule has 1 aromatic heterocycles. The predicted molar refractivity (Wildman–Crippen MR) is 157 cm³/mol. The van der Waals surface area contributed by atoms with Gasteiger partial charge in [-0.2, -0.15) is 0 Å². The fourth-order valence-electron chi connectivity index (χ4n) is 6.50. The molecule has 6 nitrogen and oxygen atoms in total. The maximum absolute atomic E-state index is 14.8. The Morgan fingerprint density at radius 3 is 2.30 bits per heavy atom. The van der Waals surface area contributed by atoms with Crippen LogP contribution >= 0.6 is 0 Å². The highest BCUT2D eigenvalue weighted by Gasteiger charge is 2.52. The highest BCUT2D eigenvalue weighted by atomic mass is 16.5. The van der Waals surface area contributed by atoms with E-state index in [0.29, 0.717) is 18.8 Å². The van der Waals surface area contributed by atoms with Crippen molar-refractivity contribution in [2.24, 2.45) is 0 Å². The number of benzene rings is 3. The van der Waals surface area contributed by atoms with E-state index in [1.54, 1.807) is 12.0 Å². The van der Waals surface area contributed by atoms with Crippen molar-refractivity contribution in [3.8, 4) is 5.75 Å². The lowest BCUT2D eigenvalue weighted by molar-refractivity contribution is -0.136. The van der Waals surface area contributed by atoms with Crippen molar-refractivity contribution in [3.63, 3.8) is 0 Å². The monoisotopic (exact) mass is 535 g/mol. The van der Waals surface area contributed by atoms with E-state index in [2.05, 4.69) is 5.32 Å². The van der Waals surface area contributed by atoms with E-state index in [0.717, 1.165) is 53.5 Å². The summed E-state index contributed by atoms with van der Waals surface area (Å²) in [5, 5.41) is 4.45. The van der Waals surface area contributed by atoms with Crippen molar-refractivity contribution in [3.05, 3.63) is 102 Å². The highest BCUT2D eigenvalue weighted by Crippen LogP contribution is 2.40. The van der Waals surface area contributed by atoms with Crippen molar-refractivity contribution in [2.45, 2.75) is 69.6 Å². The van der Waals surface area contributed by atoms with Gasteiger partial charge in [0.1, 0.15) is 11.4 Å². The molecule has 4 aromatic rings. The lowest BCUT2D eigenvalue weighted by Crippen LogP contribution is -2.64. The van der Waals surface area contributed by atoms with Gasteiger partial charge < -0.3 is 19.5 Å². The summed E-state index contributed by atoms with van der Waals surface area (Å²) in [6, 6.07) is 27.7. The van der Waals surface area contributed by atoms with Gasteiger partial charge in [0.05, 0.1) is 13.7 Å². The minimum absolute atomic E-state index is 0.102. The zero-order valence-corrected chi connectivity index (χ0v) is 23.1. The van der Waals surface area contributed by atoms with Gasteiger partial charge in [-0.05, 0) is 48.2 Å². The summed E-state index contributed by atoms with van der Waals surface area (Å²) in [7, 11) is 1.64. The molecule has 206 valence electrons. The van der Waals surface area contributed by atoms with Crippen LogP contribution in [0, 0.1) is 0 Å². The number of para-hydroxylation sites is 1. The molecule has 3 aromatic carbocycles. The van der Waals surface area contributed by atoms with Crippen LogP contribution < -0.4 is 10.1 Å². The van der Waals surface area contributed by atoms with Crippen molar-refractivity contribution in [2.75, 3.05) is 7.11 Å². The molecule has 2 amide bonds. The molecule has 1 aliphatic heterocycles. The molecule has 2 heterocycles. The van der Waals surface area contributed by atoms with Gasteiger partial charge in [-0.1, -0.05) is 92.8 Å². The number of aromatic nitrogens is 1. The number of methoxy groups -OCH3 is 1. The van der Waals surface area contributed by atoms with Crippen molar-refractivity contribution in [1.29, 1.82) is 0 Å². The van der Waals surface area contributed by atoms with Gasteiger partial charge in [-0.25, -0.2) is 0 Å². The smallest absolute Gasteiger partial charge is 0.272 e. The average molecular weight is 536 g/mol. The molecule has 0 unspecified atom stereocenters. The van der Waals surface area contributed by atoms with E-state index in [1.165, 1.54) is 19.3 Å². The summed E-state index contributed by atoms with van der Waals surface area (Å²) >= 11 is 0. The van der Waals surface area contributed by atoms with Gasteiger partial charge in [0.2, 0.25) is 0 Å². The number of hydrogen-bond donors (Lipinski definition) is 1. The van der Waals surface area contributed by atoms with Gasteiger partial charge >= 0.3 is 0 Å². The maximum atomic E-state index is 14.8. The molecule has 0 spiro atoms. The first-order valence-corrected chi connectivity index (χ1v) is 14.5. The van der Waals surface area contributed by atoms with Crippen LogP contribution in [0.25, 0.3) is 10.9 Å². The van der Waals surface area contributed by atoms with Crippen LogP contribution in [-0.2, 0) is 23.4 Å². The standard InChI is InChI=1S/C34H37N3O3/c1-40-29-20-18-25(19-21-29)23-37-32(38)31-22-26-12-10-11-17-30(26)36(31)24-34(37,27-13-6-5-7-14-27)33(39)35-28-15-8-3-2-4-9-16-28/h5-7,10-14,17-22,28H,2-4,8-9,15-16,23-24H2,1H3,(H,35,39)/t34-/m0/s1. The van der Waals surface area contributed by atoms with Crippen molar-refractivity contribution >= 4 is 22.7 Å². The molecule has 1 saturated carbocycles. The molecule has 1 N–H and O–H groups in total. The first kappa shape index (κ1) is 26.2. The quantitative estimate of drug-likeness (QED) is 0.309. The number of rotatable bonds is 6. The number of hydrogen-bond acceptors (Lipinski definition) is 3. The summed E-state index contributed by atoms with van der Waals surface area (Å²) < 4.78 is 7.41. The summed E-state index contributed by atoms with van der Waals surface area (Å²) in [6.45, 7) is 0.650. The molecular formula is C34H37N3O3. The Kier molecular flexibility index (Phi) is 7.33. The highest BCUT2D eigenvalue weighted by molar-refractivity contribution is 6.04. The van der Waals surface area contributed by atoms with Crippen LogP contribution in [0.2, 0.25) is 0 Å². The molecule has 1 aliphatic carbocycles. The molecule has 0 radical (unpaired) electrons. The first-order chi connectivity index (χ1) is 19.6. The summed E-state index contributed by atoms with van der Waals surface area (Å²) in [5.41, 5.74) is 2.13. The maximum Gasteiger partial charge on any atom is 0.272 e. The zero-order valence-electron chi connectivity index (χ0n) is 23.1. The van der Waals surface area contributed by atoms with Crippen LogP contribution in [0.4, 0.5) is 0 Å². The van der Waals surface area contributed by atoms with E-state index in [4.69, 9.17) is 4.74 Å². The first-order valence-electron chi connectivity index (χ1n) is 14.5. The molecule has 40 heavy (non-hydrogen) atoms. The molecule has 1 fully saturated rings. The largest absolute Gasteiger partial charge is 0.497 e. The number of amides is 2. The lowest BCUT2D eigenvalue weighted by Gasteiger charge is -2.47. The van der Waals surface area contributed by atoms with Gasteiger partial charge in [-0.3, -0.25) is 9.59 Å². The van der Waals surface area contributed by atoms with Crippen molar-refractivity contribution in [1.82, 2.24) is 14.8 Å². The number of carbonyl (C=O) groups excluding carboxylic acids is 2.